The average Bonchev–Trinajstić information content (AvgIpc) is 3.03. The summed E-state index contributed by atoms with van der Waals surface area (Å²) in [5.74, 6) is 1.77. The molecule has 0 bridgehead atoms. The van der Waals surface area contributed by atoms with E-state index in [1.54, 1.807) is 0 Å². The van der Waals surface area contributed by atoms with Gasteiger partial charge >= 0.3 is 0 Å². The predicted octanol–water partition coefficient (Wildman–Crippen LogP) is 2.17. The molecule has 1 aromatic carbocycles. The van der Waals surface area contributed by atoms with Gasteiger partial charge in [-0.2, -0.15) is 0 Å². The van der Waals surface area contributed by atoms with Crippen LogP contribution in [0.3, 0.4) is 0 Å². The van der Waals surface area contributed by atoms with Crippen molar-refractivity contribution in [2.24, 2.45) is 5.92 Å². The third-order valence-corrected chi connectivity index (χ3v) is 6.03. The molecule has 0 radical (unpaired) electrons. The quantitative estimate of drug-likeness (QED) is 0.596. The molecule has 1 aromatic heterocycles. The summed E-state index contributed by atoms with van der Waals surface area (Å²) in [5, 5.41) is 12.8. The highest BCUT2D eigenvalue weighted by atomic mass is 32.2. The van der Waals surface area contributed by atoms with Crippen LogP contribution in [0.5, 0.6) is 0 Å². The van der Waals surface area contributed by atoms with Crippen molar-refractivity contribution < 1.29 is 9.69 Å². The van der Waals surface area contributed by atoms with Crippen molar-refractivity contribution >= 4 is 17.7 Å². The molecule has 1 amide bonds. The van der Waals surface area contributed by atoms with Gasteiger partial charge in [0, 0.05) is 12.5 Å². The first-order valence-corrected chi connectivity index (χ1v) is 11.0. The number of carbonyl (C=O) groups is 1. The lowest BCUT2D eigenvalue weighted by molar-refractivity contribution is -0.893. The Morgan fingerprint density at radius 3 is 2.43 bits per heavy atom. The summed E-state index contributed by atoms with van der Waals surface area (Å²) in [6.07, 6.45) is 0.978. The molecule has 154 valence electrons. The van der Waals surface area contributed by atoms with Gasteiger partial charge in [0.05, 0.1) is 26.4 Å². The second-order valence-corrected chi connectivity index (χ2v) is 8.78. The molecule has 2 rings (SSSR count). The van der Waals surface area contributed by atoms with Gasteiger partial charge < -0.3 is 10.2 Å². The molecule has 0 aliphatic heterocycles. The monoisotopic (exact) mass is 404 g/mol. The van der Waals surface area contributed by atoms with Crippen molar-refractivity contribution in [1.29, 1.82) is 0 Å². The van der Waals surface area contributed by atoms with Crippen LogP contribution in [-0.2, 0) is 11.3 Å². The molecule has 2 aromatic rings. The van der Waals surface area contributed by atoms with Gasteiger partial charge in [-0.05, 0) is 18.4 Å². The molecule has 0 saturated heterocycles. The van der Waals surface area contributed by atoms with Crippen molar-refractivity contribution in [3.8, 4) is 0 Å². The number of carbonyl (C=O) groups excluding carboxylic acids is 1. The average molecular weight is 405 g/mol. The Hall–Kier alpha value is -1.86. The van der Waals surface area contributed by atoms with Gasteiger partial charge in [0.15, 0.2) is 11.0 Å². The zero-order valence-electron chi connectivity index (χ0n) is 17.9. The maximum Gasteiger partial charge on any atom is 0.230 e. The Balaban J connectivity index is 2.21. The summed E-state index contributed by atoms with van der Waals surface area (Å²) in [5.41, 5.74) is 1.20. The number of aromatic nitrogens is 3. The highest BCUT2D eigenvalue weighted by Crippen LogP contribution is 2.22. The fourth-order valence-electron chi connectivity index (χ4n) is 3.02. The maximum absolute atomic E-state index is 12.3. The first-order valence-electron chi connectivity index (χ1n) is 10.0. The second-order valence-electron chi connectivity index (χ2n) is 7.84. The van der Waals surface area contributed by atoms with E-state index in [4.69, 9.17) is 0 Å². The first kappa shape index (κ1) is 22.4. The highest BCUT2D eigenvalue weighted by molar-refractivity contribution is 7.99. The lowest BCUT2D eigenvalue weighted by Gasteiger charge is -2.20. The molecular formula is C21H34N5OS+. The molecule has 1 heterocycles. The molecule has 0 saturated carbocycles. The van der Waals surface area contributed by atoms with Gasteiger partial charge in [-0.1, -0.05) is 62.9 Å². The number of benzene rings is 1. The maximum atomic E-state index is 12.3. The van der Waals surface area contributed by atoms with Gasteiger partial charge in [0.25, 0.3) is 0 Å². The molecule has 2 atom stereocenters. The topological polar surface area (TPSA) is 64.2 Å². The van der Waals surface area contributed by atoms with Crippen molar-refractivity contribution in [2.45, 2.75) is 57.9 Å². The van der Waals surface area contributed by atoms with Crippen LogP contribution >= 0.6 is 11.8 Å². The van der Waals surface area contributed by atoms with Crippen molar-refractivity contribution in [1.82, 2.24) is 20.1 Å². The summed E-state index contributed by atoms with van der Waals surface area (Å²) < 4.78 is 2.17. The second kappa shape index (κ2) is 10.6. The minimum absolute atomic E-state index is 0.0345. The zero-order valence-corrected chi connectivity index (χ0v) is 18.7. The zero-order chi connectivity index (χ0) is 20.7. The van der Waals surface area contributed by atoms with E-state index in [1.807, 2.05) is 25.1 Å². The van der Waals surface area contributed by atoms with Gasteiger partial charge in [-0.3, -0.25) is 9.36 Å². The molecule has 0 spiro atoms. The molecule has 7 heteroatoms. The molecule has 2 N–H and O–H groups in total. The number of quaternary nitrogens is 1. The van der Waals surface area contributed by atoms with Gasteiger partial charge in [0.2, 0.25) is 5.91 Å². The summed E-state index contributed by atoms with van der Waals surface area (Å²) in [7, 11) is 4.28. The van der Waals surface area contributed by atoms with Gasteiger partial charge in [-0.15, -0.1) is 10.2 Å². The molecule has 0 fully saturated rings. The van der Waals surface area contributed by atoms with Crippen LogP contribution in [0, 0.1) is 5.92 Å². The van der Waals surface area contributed by atoms with Crippen LogP contribution in [0.4, 0.5) is 0 Å². The standard InChI is InChI=1S/C21H33N5OS/c1-7-18(25(5)6)20-23-24-21(26(20)13-17-11-9-8-10-12-17)28-14-19(27)22-16(4)15(2)3/h8-12,15-16,18H,7,13-14H2,1-6H3,(H,22,27)/p+1/t16-,18-/m1/s1. The summed E-state index contributed by atoms with van der Waals surface area (Å²) in [6, 6.07) is 10.7. The molecule has 0 unspecified atom stereocenters. The number of hydrogen-bond acceptors (Lipinski definition) is 4. The normalized spacial score (nSPS) is 13.7. The summed E-state index contributed by atoms with van der Waals surface area (Å²) in [4.78, 5) is 13.6. The Bertz CT molecular complexity index is 745. The van der Waals surface area contributed by atoms with Crippen molar-refractivity contribution in [2.75, 3.05) is 19.8 Å². The summed E-state index contributed by atoms with van der Waals surface area (Å²) >= 11 is 1.46. The van der Waals surface area contributed by atoms with E-state index in [2.05, 4.69) is 67.1 Å². The van der Waals surface area contributed by atoms with Crippen LogP contribution in [-0.4, -0.2) is 46.6 Å². The fourth-order valence-corrected chi connectivity index (χ4v) is 3.78. The van der Waals surface area contributed by atoms with E-state index in [0.29, 0.717) is 18.2 Å². The number of amides is 1. The highest BCUT2D eigenvalue weighted by Gasteiger charge is 2.25. The molecule has 0 aliphatic rings. The minimum atomic E-state index is 0.0345. The third kappa shape index (κ3) is 6.07. The van der Waals surface area contributed by atoms with Crippen molar-refractivity contribution in [3.63, 3.8) is 0 Å². The largest absolute Gasteiger partial charge is 0.353 e. The lowest BCUT2D eigenvalue weighted by atomic mass is 10.1. The molecule has 0 aliphatic carbocycles. The van der Waals surface area contributed by atoms with Crippen LogP contribution in [0.1, 0.15) is 51.5 Å². The van der Waals surface area contributed by atoms with E-state index in [0.717, 1.165) is 17.4 Å². The van der Waals surface area contributed by atoms with Crippen LogP contribution in [0.25, 0.3) is 0 Å². The van der Waals surface area contributed by atoms with E-state index >= 15 is 0 Å². The number of nitrogens with one attached hydrogen (secondary N) is 2. The Labute approximate surface area is 173 Å². The number of rotatable bonds is 10. The van der Waals surface area contributed by atoms with Crippen LogP contribution < -0.4 is 10.2 Å². The van der Waals surface area contributed by atoms with E-state index in [9.17, 15) is 4.79 Å². The Morgan fingerprint density at radius 2 is 1.86 bits per heavy atom. The van der Waals surface area contributed by atoms with Gasteiger partial charge in [0.1, 0.15) is 6.04 Å². The van der Waals surface area contributed by atoms with E-state index < -0.39 is 0 Å². The lowest BCUT2D eigenvalue weighted by Crippen LogP contribution is -3.06. The van der Waals surface area contributed by atoms with Crippen molar-refractivity contribution in [3.05, 3.63) is 41.7 Å². The van der Waals surface area contributed by atoms with Gasteiger partial charge in [-0.25, -0.2) is 0 Å². The van der Waals surface area contributed by atoms with Crippen LogP contribution in [0.2, 0.25) is 0 Å². The number of thioether (sulfide) groups is 1. The van der Waals surface area contributed by atoms with Crippen LogP contribution in [0.15, 0.2) is 35.5 Å². The Morgan fingerprint density at radius 1 is 1.18 bits per heavy atom. The summed E-state index contributed by atoms with van der Waals surface area (Å²) in [6.45, 7) is 9.13. The first-order chi connectivity index (χ1) is 13.3. The molecule has 6 nitrogen and oxygen atoms in total. The van der Waals surface area contributed by atoms with E-state index in [1.165, 1.54) is 22.2 Å². The van der Waals surface area contributed by atoms with E-state index in [-0.39, 0.29) is 18.0 Å². The third-order valence-electron chi connectivity index (χ3n) is 5.07. The molecule has 28 heavy (non-hydrogen) atoms. The predicted molar refractivity (Wildman–Crippen MR) is 115 cm³/mol. The fraction of sp³-hybridized carbons (Fsp3) is 0.571. The number of nitrogens with zero attached hydrogens (tertiary/aromatic N) is 3. The smallest absolute Gasteiger partial charge is 0.230 e. The molecular weight excluding hydrogens is 370 g/mol. The minimum Gasteiger partial charge on any atom is -0.353 e. The number of hydrogen-bond donors (Lipinski definition) is 2. The Kier molecular flexibility index (Phi) is 8.51. The SMILES string of the molecule is CC[C@H](c1nnc(SCC(=O)N[C@H](C)C(C)C)n1Cc1ccccc1)[NH+](C)C.